The lowest BCUT2D eigenvalue weighted by Gasteiger charge is -2.10. The van der Waals surface area contributed by atoms with E-state index in [0.717, 1.165) is 21.1 Å². The number of nitrogens with one attached hydrogen (secondary N) is 2. The number of anilines is 1. The Bertz CT molecular complexity index is 922. The van der Waals surface area contributed by atoms with E-state index in [4.69, 9.17) is 0 Å². The summed E-state index contributed by atoms with van der Waals surface area (Å²) in [6, 6.07) is 19.0. The molecule has 1 heterocycles. The quantitative estimate of drug-likeness (QED) is 0.516. The molecule has 0 saturated heterocycles. The minimum absolute atomic E-state index is 0.0179. The van der Waals surface area contributed by atoms with Crippen molar-refractivity contribution in [3.05, 3.63) is 82.0 Å². The number of thiophene rings is 1. The second kappa shape index (κ2) is 10.1. The molecular formula is C22H22N2O2S2. The van der Waals surface area contributed by atoms with E-state index < -0.39 is 0 Å². The van der Waals surface area contributed by atoms with Gasteiger partial charge in [0, 0.05) is 15.5 Å². The lowest BCUT2D eigenvalue weighted by Crippen LogP contribution is -2.24. The van der Waals surface area contributed by atoms with Crippen LogP contribution < -0.4 is 10.6 Å². The van der Waals surface area contributed by atoms with Crippen molar-refractivity contribution >= 4 is 40.6 Å². The second-order valence-corrected chi connectivity index (χ2v) is 8.45. The maximum Gasteiger partial charge on any atom is 0.256 e. The first-order valence-electron chi connectivity index (χ1n) is 9.07. The average molecular weight is 411 g/mol. The number of amides is 2. The van der Waals surface area contributed by atoms with Crippen molar-refractivity contribution in [3.63, 3.8) is 0 Å². The Morgan fingerprint density at radius 2 is 1.79 bits per heavy atom. The van der Waals surface area contributed by atoms with Crippen LogP contribution in [-0.4, -0.2) is 17.6 Å². The van der Waals surface area contributed by atoms with Gasteiger partial charge in [0.1, 0.15) is 0 Å². The molecule has 0 radical (unpaired) electrons. The van der Waals surface area contributed by atoms with Gasteiger partial charge in [-0.1, -0.05) is 37.3 Å². The molecule has 1 aromatic heterocycles. The van der Waals surface area contributed by atoms with Gasteiger partial charge in [0.15, 0.2) is 0 Å². The molecule has 2 amide bonds. The second-order valence-electron chi connectivity index (χ2n) is 6.11. The summed E-state index contributed by atoms with van der Waals surface area (Å²) < 4.78 is 0. The van der Waals surface area contributed by atoms with E-state index in [0.29, 0.717) is 24.2 Å². The molecule has 6 heteroatoms. The normalized spacial score (nSPS) is 10.5. The van der Waals surface area contributed by atoms with Gasteiger partial charge < -0.3 is 10.6 Å². The molecule has 0 aliphatic heterocycles. The van der Waals surface area contributed by atoms with E-state index in [1.165, 1.54) is 0 Å². The fourth-order valence-corrected chi connectivity index (χ4v) is 4.13. The first-order chi connectivity index (χ1) is 13.7. The topological polar surface area (TPSA) is 58.2 Å². The van der Waals surface area contributed by atoms with Crippen molar-refractivity contribution in [1.29, 1.82) is 0 Å². The summed E-state index contributed by atoms with van der Waals surface area (Å²) in [5.41, 5.74) is 2.29. The monoisotopic (exact) mass is 410 g/mol. The van der Waals surface area contributed by atoms with Crippen LogP contribution in [0.1, 0.15) is 27.7 Å². The molecular weight excluding hydrogens is 388 g/mol. The third-order valence-electron chi connectivity index (χ3n) is 4.05. The lowest BCUT2D eigenvalue weighted by molar-refractivity contribution is -0.120. The predicted molar refractivity (Wildman–Crippen MR) is 117 cm³/mol. The number of carbonyl (C=O) groups is 2. The van der Waals surface area contributed by atoms with Gasteiger partial charge >= 0.3 is 0 Å². The highest BCUT2D eigenvalue weighted by Crippen LogP contribution is 2.23. The van der Waals surface area contributed by atoms with Gasteiger partial charge in [-0.25, -0.2) is 0 Å². The van der Waals surface area contributed by atoms with Gasteiger partial charge in [-0.2, -0.15) is 0 Å². The molecule has 0 atom stereocenters. The number of benzene rings is 2. The molecule has 2 N–H and O–H groups in total. The Labute approximate surface area is 173 Å². The fourth-order valence-electron chi connectivity index (χ4n) is 2.69. The summed E-state index contributed by atoms with van der Waals surface area (Å²) in [5.74, 6) is 0.766. The van der Waals surface area contributed by atoms with Crippen LogP contribution in [0.2, 0.25) is 0 Å². The fraction of sp³-hybridized carbons (Fsp3) is 0.182. The molecule has 0 spiro atoms. The van der Waals surface area contributed by atoms with Gasteiger partial charge in [0.05, 0.1) is 18.5 Å². The van der Waals surface area contributed by atoms with Crippen molar-refractivity contribution in [2.45, 2.75) is 24.8 Å². The molecule has 0 fully saturated rings. The first-order valence-corrected chi connectivity index (χ1v) is 10.9. The molecule has 0 aliphatic rings. The zero-order valence-corrected chi connectivity index (χ0v) is 17.2. The third kappa shape index (κ3) is 5.71. The van der Waals surface area contributed by atoms with Crippen LogP contribution in [0.15, 0.2) is 70.9 Å². The highest BCUT2D eigenvalue weighted by Gasteiger charge is 2.11. The molecule has 0 aliphatic carbocycles. The van der Waals surface area contributed by atoms with Crippen LogP contribution in [0.5, 0.6) is 0 Å². The number of hydrogen-bond donors (Lipinski definition) is 2. The van der Waals surface area contributed by atoms with Crippen molar-refractivity contribution in [2.24, 2.45) is 0 Å². The highest BCUT2D eigenvalue weighted by molar-refractivity contribution is 7.99. The standard InChI is InChI=1S/C22H22N2O2S2/c1-2-27-20-8-4-3-7-19(20)22(26)24-17-11-9-16(10-12-17)14-21(25)23-15-18-6-5-13-28-18/h3-13H,2,14-15H2,1H3,(H,23,25)(H,24,26). The van der Waals surface area contributed by atoms with Gasteiger partial charge in [-0.15, -0.1) is 23.1 Å². The van der Waals surface area contributed by atoms with Crippen LogP contribution in [-0.2, 0) is 17.8 Å². The summed E-state index contributed by atoms with van der Waals surface area (Å²) in [7, 11) is 0. The average Bonchev–Trinajstić information content (AvgIpc) is 3.22. The number of thioether (sulfide) groups is 1. The minimum atomic E-state index is -0.127. The van der Waals surface area contributed by atoms with Crippen molar-refractivity contribution in [1.82, 2.24) is 5.32 Å². The largest absolute Gasteiger partial charge is 0.351 e. The number of rotatable bonds is 8. The first kappa shape index (κ1) is 20.2. The lowest BCUT2D eigenvalue weighted by atomic mass is 10.1. The zero-order chi connectivity index (χ0) is 19.8. The third-order valence-corrected chi connectivity index (χ3v) is 5.88. The molecule has 4 nitrogen and oxygen atoms in total. The van der Waals surface area contributed by atoms with Crippen LogP contribution in [0, 0.1) is 0 Å². The molecule has 0 unspecified atom stereocenters. The van der Waals surface area contributed by atoms with Crippen molar-refractivity contribution in [3.8, 4) is 0 Å². The number of hydrogen-bond acceptors (Lipinski definition) is 4. The minimum Gasteiger partial charge on any atom is -0.351 e. The molecule has 0 saturated carbocycles. The van der Waals surface area contributed by atoms with Gasteiger partial charge in [-0.3, -0.25) is 9.59 Å². The van der Waals surface area contributed by atoms with E-state index >= 15 is 0 Å². The van der Waals surface area contributed by atoms with E-state index in [-0.39, 0.29) is 11.8 Å². The SMILES string of the molecule is CCSc1ccccc1C(=O)Nc1ccc(CC(=O)NCc2cccs2)cc1. The van der Waals surface area contributed by atoms with E-state index in [9.17, 15) is 9.59 Å². The van der Waals surface area contributed by atoms with E-state index in [1.807, 2.05) is 66.0 Å². The molecule has 28 heavy (non-hydrogen) atoms. The molecule has 0 bridgehead atoms. The summed E-state index contributed by atoms with van der Waals surface area (Å²) in [5, 5.41) is 7.84. The highest BCUT2D eigenvalue weighted by atomic mass is 32.2. The summed E-state index contributed by atoms with van der Waals surface area (Å²) >= 11 is 3.27. The Hall–Kier alpha value is -2.57. The summed E-state index contributed by atoms with van der Waals surface area (Å²) in [6.07, 6.45) is 0.315. The Balaban J connectivity index is 1.55. The number of carbonyl (C=O) groups excluding carboxylic acids is 2. The Morgan fingerprint density at radius 1 is 1.00 bits per heavy atom. The maximum atomic E-state index is 12.6. The van der Waals surface area contributed by atoms with Crippen LogP contribution in [0.4, 0.5) is 5.69 Å². The van der Waals surface area contributed by atoms with Gasteiger partial charge in [-0.05, 0) is 47.0 Å². The summed E-state index contributed by atoms with van der Waals surface area (Å²) in [6.45, 7) is 2.62. The Kier molecular flexibility index (Phi) is 7.28. The summed E-state index contributed by atoms with van der Waals surface area (Å²) in [4.78, 5) is 26.8. The zero-order valence-electron chi connectivity index (χ0n) is 15.6. The van der Waals surface area contributed by atoms with Gasteiger partial charge in [0.25, 0.3) is 5.91 Å². The molecule has 3 aromatic rings. The van der Waals surface area contributed by atoms with Crippen LogP contribution >= 0.6 is 23.1 Å². The van der Waals surface area contributed by atoms with Crippen molar-refractivity contribution in [2.75, 3.05) is 11.1 Å². The predicted octanol–water partition coefficient (Wildman–Crippen LogP) is 4.97. The Morgan fingerprint density at radius 3 is 2.50 bits per heavy atom. The van der Waals surface area contributed by atoms with E-state index in [1.54, 1.807) is 23.1 Å². The maximum absolute atomic E-state index is 12.6. The van der Waals surface area contributed by atoms with Crippen LogP contribution in [0.3, 0.4) is 0 Å². The van der Waals surface area contributed by atoms with Gasteiger partial charge in [0.2, 0.25) is 5.91 Å². The molecule has 3 rings (SSSR count). The molecule has 144 valence electrons. The molecule has 2 aromatic carbocycles. The smallest absolute Gasteiger partial charge is 0.256 e. The van der Waals surface area contributed by atoms with E-state index in [2.05, 4.69) is 17.6 Å². The van der Waals surface area contributed by atoms with Crippen LogP contribution in [0.25, 0.3) is 0 Å². The van der Waals surface area contributed by atoms with Crippen molar-refractivity contribution < 1.29 is 9.59 Å².